The van der Waals surface area contributed by atoms with E-state index in [1.807, 2.05) is 0 Å². The van der Waals surface area contributed by atoms with Crippen LogP contribution in [0.25, 0.3) is 0 Å². The number of ether oxygens (including phenoxy) is 1. The van der Waals surface area contributed by atoms with E-state index in [9.17, 15) is 28.1 Å². The lowest BCUT2D eigenvalue weighted by Gasteiger charge is -2.06. The summed E-state index contributed by atoms with van der Waals surface area (Å²) in [6, 6.07) is 0. The van der Waals surface area contributed by atoms with Crippen molar-refractivity contribution in [1.29, 1.82) is 0 Å². The predicted molar refractivity (Wildman–Crippen MR) is 47.1 cm³/mol. The Morgan fingerprint density at radius 1 is 1.59 bits per heavy atom. The Morgan fingerprint density at radius 3 is 2.59 bits per heavy atom. The molecule has 9 heteroatoms. The summed E-state index contributed by atoms with van der Waals surface area (Å²) < 4.78 is 42.1. The van der Waals surface area contributed by atoms with E-state index in [1.54, 1.807) is 0 Å². The molecule has 0 aliphatic heterocycles. The van der Waals surface area contributed by atoms with Gasteiger partial charge in [-0.15, -0.1) is 0 Å². The van der Waals surface area contributed by atoms with E-state index in [0.717, 1.165) is 7.11 Å². The fourth-order valence-corrected chi connectivity index (χ4v) is 1.14. The Balaban J connectivity index is 3.61. The van der Waals surface area contributed by atoms with Crippen molar-refractivity contribution in [2.45, 2.75) is 6.43 Å². The topological polar surface area (TPSA) is 82.3 Å². The second-order valence-electron chi connectivity index (χ2n) is 2.76. The summed E-state index contributed by atoms with van der Waals surface area (Å²) in [7, 11) is 0.826. The summed E-state index contributed by atoms with van der Waals surface area (Å²) in [6.45, 7) is 0. The van der Waals surface area contributed by atoms with Crippen LogP contribution in [-0.2, 0) is 4.74 Å². The maximum Gasteiger partial charge on any atom is 0.347 e. The number of hydrogen-bond acceptors (Lipinski definition) is 5. The summed E-state index contributed by atoms with van der Waals surface area (Å²) in [4.78, 5) is 23.3. The normalized spacial score (nSPS) is 10.4. The highest BCUT2D eigenvalue weighted by Crippen LogP contribution is 2.30. The van der Waals surface area contributed by atoms with E-state index < -0.39 is 40.1 Å². The summed E-state index contributed by atoms with van der Waals surface area (Å²) >= 11 is 0. The first-order valence-corrected chi connectivity index (χ1v) is 4.09. The van der Waals surface area contributed by atoms with Gasteiger partial charge >= 0.3 is 11.7 Å². The average molecular weight is 250 g/mol. The Morgan fingerprint density at radius 2 is 2.18 bits per heavy atom. The maximum absolute atomic E-state index is 13.1. The molecular formula is C8H5F3N2O4. The molecule has 0 radical (unpaired) electrons. The largest absolute Gasteiger partial charge is 0.465 e. The number of halogens is 3. The zero-order valence-corrected chi connectivity index (χ0v) is 8.32. The molecule has 1 aromatic heterocycles. The third kappa shape index (κ3) is 2.32. The van der Waals surface area contributed by atoms with Gasteiger partial charge in [0.2, 0.25) is 5.82 Å². The van der Waals surface area contributed by atoms with Crippen LogP contribution in [0.5, 0.6) is 0 Å². The third-order valence-corrected chi connectivity index (χ3v) is 1.81. The first-order valence-electron chi connectivity index (χ1n) is 4.09. The number of alkyl halides is 2. The number of nitro groups is 1. The Bertz CT molecular complexity index is 478. The quantitative estimate of drug-likeness (QED) is 0.464. The number of methoxy groups -OCH3 is 1. The monoisotopic (exact) mass is 250 g/mol. The summed E-state index contributed by atoms with van der Waals surface area (Å²) in [5.41, 5.74) is -3.74. The second kappa shape index (κ2) is 4.76. The summed E-state index contributed by atoms with van der Waals surface area (Å²) in [5, 5.41) is 10.5. The lowest BCUT2D eigenvalue weighted by molar-refractivity contribution is -0.388. The van der Waals surface area contributed by atoms with Gasteiger partial charge in [-0.3, -0.25) is 15.1 Å². The number of carbonyl (C=O) groups excluding carboxylic acids is 1. The average Bonchev–Trinajstić information content (AvgIpc) is 2.26. The van der Waals surface area contributed by atoms with Crippen LogP contribution in [0.4, 0.5) is 18.9 Å². The van der Waals surface area contributed by atoms with Gasteiger partial charge in [0.15, 0.2) is 5.56 Å². The second-order valence-corrected chi connectivity index (χ2v) is 2.76. The molecule has 0 fully saturated rings. The van der Waals surface area contributed by atoms with Crippen LogP contribution in [0.1, 0.15) is 22.5 Å². The molecule has 0 atom stereocenters. The summed E-state index contributed by atoms with van der Waals surface area (Å²) in [5.74, 6) is -2.93. The van der Waals surface area contributed by atoms with Crippen LogP contribution in [0.2, 0.25) is 0 Å². The minimum absolute atomic E-state index is 0.256. The third-order valence-electron chi connectivity index (χ3n) is 1.81. The summed E-state index contributed by atoms with van der Waals surface area (Å²) in [6.07, 6.45) is -3.00. The lowest BCUT2D eigenvalue weighted by atomic mass is 10.1. The van der Waals surface area contributed by atoms with Crippen molar-refractivity contribution in [1.82, 2.24) is 4.98 Å². The Hall–Kier alpha value is -2.19. The highest BCUT2D eigenvalue weighted by Gasteiger charge is 2.33. The first kappa shape index (κ1) is 12.9. The Kier molecular flexibility index (Phi) is 3.61. The van der Waals surface area contributed by atoms with Crippen LogP contribution >= 0.6 is 0 Å². The molecular weight excluding hydrogens is 245 g/mol. The lowest BCUT2D eigenvalue weighted by Crippen LogP contribution is -2.13. The SMILES string of the molecule is COC(=O)c1c(C(F)F)ncc(F)c1[N+](=O)[O-]. The molecule has 0 aliphatic carbocycles. The van der Waals surface area contributed by atoms with Crippen LogP contribution in [-0.4, -0.2) is 23.0 Å². The number of hydrogen-bond donors (Lipinski definition) is 0. The van der Waals surface area contributed by atoms with Crippen molar-refractivity contribution < 1.29 is 27.6 Å². The number of nitrogens with zero attached hydrogens (tertiary/aromatic N) is 2. The van der Waals surface area contributed by atoms with Gasteiger partial charge < -0.3 is 4.74 Å². The molecule has 1 aromatic rings. The highest BCUT2D eigenvalue weighted by molar-refractivity contribution is 5.95. The van der Waals surface area contributed by atoms with E-state index >= 15 is 0 Å². The Labute approximate surface area is 92.2 Å². The zero-order valence-electron chi connectivity index (χ0n) is 8.32. The molecule has 92 valence electrons. The molecule has 0 spiro atoms. The number of esters is 1. The van der Waals surface area contributed by atoms with Crippen molar-refractivity contribution >= 4 is 11.7 Å². The standard InChI is InChI=1S/C8H5F3N2O4/c1-17-8(14)4-5(7(10)11)12-2-3(9)6(4)13(15)16/h2,7H,1H3. The molecule has 0 saturated heterocycles. The zero-order chi connectivity index (χ0) is 13.2. The van der Waals surface area contributed by atoms with E-state index in [2.05, 4.69) is 9.72 Å². The molecule has 0 N–H and O–H groups in total. The van der Waals surface area contributed by atoms with Gasteiger partial charge in [0, 0.05) is 0 Å². The van der Waals surface area contributed by atoms with Crippen LogP contribution < -0.4 is 0 Å². The van der Waals surface area contributed by atoms with Gasteiger partial charge in [-0.05, 0) is 0 Å². The van der Waals surface area contributed by atoms with Crippen LogP contribution in [0.15, 0.2) is 6.20 Å². The number of carbonyl (C=O) groups is 1. The number of rotatable bonds is 3. The first-order chi connectivity index (χ1) is 7.90. The molecule has 0 aromatic carbocycles. The molecule has 0 aliphatic rings. The van der Waals surface area contributed by atoms with Crippen molar-refractivity contribution in [2.24, 2.45) is 0 Å². The van der Waals surface area contributed by atoms with Crippen molar-refractivity contribution in [3.8, 4) is 0 Å². The minimum atomic E-state index is -3.26. The smallest absolute Gasteiger partial charge is 0.347 e. The van der Waals surface area contributed by atoms with Crippen LogP contribution in [0.3, 0.4) is 0 Å². The molecule has 0 saturated carbocycles. The van der Waals surface area contributed by atoms with Crippen molar-refractivity contribution in [2.75, 3.05) is 7.11 Å². The van der Waals surface area contributed by atoms with E-state index in [1.165, 1.54) is 0 Å². The number of pyridine rings is 1. The fraction of sp³-hybridized carbons (Fsp3) is 0.250. The minimum Gasteiger partial charge on any atom is -0.465 e. The molecule has 1 heterocycles. The highest BCUT2D eigenvalue weighted by atomic mass is 19.3. The van der Waals surface area contributed by atoms with E-state index in [0.29, 0.717) is 0 Å². The van der Waals surface area contributed by atoms with E-state index in [-0.39, 0.29) is 6.20 Å². The van der Waals surface area contributed by atoms with E-state index in [4.69, 9.17) is 0 Å². The van der Waals surface area contributed by atoms with Crippen molar-refractivity contribution in [3.05, 3.63) is 33.4 Å². The molecule has 6 nitrogen and oxygen atoms in total. The van der Waals surface area contributed by atoms with Gasteiger partial charge in [0.25, 0.3) is 6.43 Å². The van der Waals surface area contributed by atoms with Gasteiger partial charge in [0.05, 0.1) is 18.2 Å². The van der Waals surface area contributed by atoms with Gasteiger partial charge in [-0.1, -0.05) is 0 Å². The predicted octanol–water partition coefficient (Wildman–Crippen LogP) is 1.85. The van der Waals surface area contributed by atoms with Crippen molar-refractivity contribution in [3.63, 3.8) is 0 Å². The van der Waals surface area contributed by atoms with Gasteiger partial charge in [-0.2, -0.15) is 4.39 Å². The molecule has 0 bridgehead atoms. The molecule has 0 amide bonds. The fourth-order valence-electron chi connectivity index (χ4n) is 1.14. The van der Waals surface area contributed by atoms with Gasteiger partial charge in [-0.25, -0.2) is 13.6 Å². The maximum atomic E-state index is 13.1. The molecule has 0 unspecified atom stereocenters. The van der Waals surface area contributed by atoms with Gasteiger partial charge in [0.1, 0.15) is 5.69 Å². The molecule has 1 rings (SSSR count). The number of aromatic nitrogens is 1. The van der Waals surface area contributed by atoms with Crippen LogP contribution in [0, 0.1) is 15.9 Å². The molecule has 17 heavy (non-hydrogen) atoms.